The molecule has 2 heterocycles. The maximum atomic E-state index is 12.8. The van der Waals surface area contributed by atoms with E-state index in [0.29, 0.717) is 6.54 Å². The number of pyridine rings is 1. The average Bonchev–Trinajstić information content (AvgIpc) is 2.67. The smallest absolute Gasteiger partial charge is 0.318 e. The molecule has 5 nitrogen and oxygen atoms in total. The number of likely N-dealkylation sites (tertiary alicyclic amines) is 1. The number of carbonyl (C=O) groups excluding carboxylic acids is 1. The molecular weight excluding hydrogens is 314 g/mol. The summed E-state index contributed by atoms with van der Waals surface area (Å²) in [6.07, 6.45) is 3.23. The van der Waals surface area contributed by atoms with Crippen LogP contribution < -0.4 is 5.32 Å². The summed E-state index contributed by atoms with van der Waals surface area (Å²) in [6.45, 7) is 3.11. The number of piperidine rings is 1. The van der Waals surface area contributed by atoms with Crippen molar-refractivity contribution >= 4 is 6.03 Å². The molecule has 0 radical (unpaired) electrons. The Morgan fingerprint density at radius 1 is 1.24 bits per heavy atom. The van der Waals surface area contributed by atoms with Gasteiger partial charge < -0.3 is 15.3 Å². The molecule has 3 unspecified atom stereocenters. The number of carbonyl (C=O) groups is 1. The van der Waals surface area contributed by atoms with Gasteiger partial charge in [-0.25, -0.2) is 4.79 Å². The number of hydrogen-bond donors (Lipinski definition) is 2. The van der Waals surface area contributed by atoms with Crippen molar-refractivity contribution < 1.29 is 9.90 Å². The van der Waals surface area contributed by atoms with E-state index in [-0.39, 0.29) is 18.0 Å². The maximum Gasteiger partial charge on any atom is 0.318 e. The van der Waals surface area contributed by atoms with Crippen molar-refractivity contribution in [2.45, 2.75) is 31.9 Å². The first-order valence-corrected chi connectivity index (χ1v) is 8.84. The monoisotopic (exact) mass is 339 g/mol. The Hall–Kier alpha value is -2.40. The van der Waals surface area contributed by atoms with Gasteiger partial charge in [-0.15, -0.1) is 0 Å². The van der Waals surface area contributed by atoms with Crippen molar-refractivity contribution in [3.8, 4) is 0 Å². The van der Waals surface area contributed by atoms with Crippen LogP contribution in [0.5, 0.6) is 0 Å². The predicted octanol–water partition coefficient (Wildman–Crippen LogP) is 2.97. The Balaban J connectivity index is 1.77. The topological polar surface area (TPSA) is 65.5 Å². The summed E-state index contributed by atoms with van der Waals surface area (Å²) in [4.78, 5) is 19.1. The van der Waals surface area contributed by atoms with Crippen LogP contribution in [0.4, 0.5) is 4.79 Å². The molecule has 1 aromatic carbocycles. The number of aliphatic hydroxyl groups excluding tert-OH is 1. The Kier molecular flexibility index (Phi) is 5.66. The fourth-order valence-electron chi connectivity index (χ4n) is 3.32. The van der Waals surface area contributed by atoms with E-state index in [0.717, 1.165) is 30.6 Å². The lowest BCUT2D eigenvalue weighted by atomic mass is 9.93. The molecule has 25 heavy (non-hydrogen) atoms. The SMILES string of the molecule is CC(O)C1CCCN(C(=O)NC(c2ccccc2)c2ccccn2)C1. The fourth-order valence-corrected chi connectivity index (χ4v) is 3.32. The lowest BCUT2D eigenvalue weighted by molar-refractivity contribution is 0.0735. The molecule has 1 aromatic heterocycles. The predicted molar refractivity (Wildman–Crippen MR) is 97.0 cm³/mol. The standard InChI is InChI=1S/C20H25N3O2/c1-15(24)17-10-7-13-23(14-17)20(25)22-19(16-8-3-2-4-9-16)18-11-5-6-12-21-18/h2-6,8-9,11-12,15,17,19,24H,7,10,13-14H2,1H3,(H,22,25). The van der Waals surface area contributed by atoms with Gasteiger partial charge >= 0.3 is 6.03 Å². The third kappa shape index (κ3) is 4.37. The molecule has 1 saturated heterocycles. The van der Waals surface area contributed by atoms with Crippen molar-refractivity contribution in [2.24, 2.45) is 5.92 Å². The average molecular weight is 339 g/mol. The molecule has 2 N–H and O–H groups in total. The van der Waals surface area contributed by atoms with Gasteiger partial charge in [0.15, 0.2) is 0 Å². The summed E-state index contributed by atoms with van der Waals surface area (Å²) in [5, 5.41) is 13.0. The van der Waals surface area contributed by atoms with Crippen LogP contribution in [0.1, 0.15) is 37.1 Å². The molecule has 3 rings (SSSR count). The molecule has 0 spiro atoms. The summed E-state index contributed by atoms with van der Waals surface area (Å²) in [5.41, 5.74) is 1.81. The van der Waals surface area contributed by atoms with E-state index in [4.69, 9.17) is 0 Å². The van der Waals surface area contributed by atoms with Gasteiger partial charge in [0.05, 0.1) is 17.8 Å². The maximum absolute atomic E-state index is 12.8. The van der Waals surface area contributed by atoms with Crippen LogP contribution >= 0.6 is 0 Å². The van der Waals surface area contributed by atoms with Gasteiger partial charge in [0.1, 0.15) is 0 Å². The van der Waals surface area contributed by atoms with Gasteiger partial charge in [-0.05, 0) is 37.5 Å². The van der Waals surface area contributed by atoms with Crippen LogP contribution in [-0.4, -0.2) is 40.2 Å². The number of nitrogens with zero attached hydrogens (tertiary/aromatic N) is 2. The first kappa shape index (κ1) is 17.4. The van der Waals surface area contributed by atoms with E-state index in [1.54, 1.807) is 18.0 Å². The highest BCUT2D eigenvalue weighted by atomic mass is 16.3. The summed E-state index contributed by atoms with van der Waals surface area (Å²) in [6, 6.07) is 15.2. The highest BCUT2D eigenvalue weighted by Gasteiger charge is 2.28. The third-order valence-electron chi connectivity index (χ3n) is 4.81. The van der Waals surface area contributed by atoms with E-state index in [2.05, 4.69) is 10.3 Å². The molecule has 0 aliphatic carbocycles. The van der Waals surface area contributed by atoms with Gasteiger partial charge in [0.25, 0.3) is 0 Å². The van der Waals surface area contributed by atoms with E-state index in [1.165, 1.54) is 0 Å². The molecule has 1 fully saturated rings. The van der Waals surface area contributed by atoms with Crippen molar-refractivity contribution in [3.05, 3.63) is 66.0 Å². The van der Waals surface area contributed by atoms with Crippen LogP contribution in [-0.2, 0) is 0 Å². The number of amides is 2. The van der Waals surface area contributed by atoms with Crippen LogP contribution in [0.3, 0.4) is 0 Å². The van der Waals surface area contributed by atoms with Crippen molar-refractivity contribution in [2.75, 3.05) is 13.1 Å². The number of rotatable bonds is 4. The molecule has 2 amide bonds. The molecule has 5 heteroatoms. The minimum absolute atomic E-state index is 0.107. The van der Waals surface area contributed by atoms with Crippen molar-refractivity contribution in [3.63, 3.8) is 0 Å². The first-order valence-electron chi connectivity index (χ1n) is 8.84. The van der Waals surface area contributed by atoms with E-state index in [9.17, 15) is 9.90 Å². The van der Waals surface area contributed by atoms with E-state index >= 15 is 0 Å². The summed E-state index contributed by atoms with van der Waals surface area (Å²) in [7, 11) is 0. The van der Waals surface area contributed by atoms with Gasteiger partial charge in [-0.2, -0.15) is 0 Å². The van der Waals surface area contributed by atoms with Crippen LogP contribution in [0.15, 0.2) is 54.7 Å². The highest BCUT2D eigenvalue weighted by molar-refractivity contribution is 5.75. The first-order chi connectivity index (χ1) is 12.1. The number of urea groups is 1. The molecule has 0 bridgehead atoms. The Labute approximate surface area is 148 Å². The van der Waals surface area contributed by atoms with Gasteiger partial charge in [0.2, 0.25) is 0 Å². The highest BCUT2D eigenvalue weighted by Crippen LogP contribution is 2.23. The van der Waals surface area contributed by atoms with Crippen LogP contribution in [0.25, 0.3) is 0 Å². The summed E-state index contributed by atoms with van der Waals surface area (Å²) in [5.74, 6) is 0.143. The second-order valence-electron chi connectivity index (χ2n) is 6.64. The molecule has 3 atom stereocenters. The van der Waals surface area contributed by atoms with Gasteiger partial charge in [-0.1, -0.05) is 36.4 Å². The number of hydrogen-bond acceptors (Lipinski definition) is 3. The quantitative estimate of drug-likeness (QED) is 0.900. The number of aliphatic hydroxyl groups is 1. The lowest BCUT2D eigenvalue weighted by Gasteiger charge is -2.35. The minimum Gasteiger partial charge on any atom is -0.393 e. The van der Waals surface area contributed by atoms with Crippen molar-refractivity contribution in [1.82, 2.24) is 15.2 Å². The molecule has 1 aliphatic heterocycles. The summed E-state index contributed by atoms with van der Waals surface area (Å²) < 4.78 is 0. The number of benzene rings is 1. The number of aromatic nitrogens is 1. The molecule has 132 valence electrons. The fraction of sp³-hybridized carbons (Fsp3) is 0.400. The molecule has 0 saturated carbocycles. The van der Waals surface area contributed by atoms with Crippen LogP contribution in [0.2, 0.25) is 0 Å². The van der Waals surface area contributed by atoms with Gasteiger partial charge in [0, 0.05) is 25.2 Å². The molecule has 1 aliphatic rings. The Bertz CT molecular complexity index is 636. The number of nitrogens with one attached hydrogen (secondary N) is 1. The zero-order valence-electron chi connectivity index (χ0n) is 14.5. The second-order valence-corrected chi connectivity index (χ2v) is 6.64. The normalized spacial score (nSPS) is 19.9. The molecular formula is C20H25N3O2. The van der Waals surface area contributed by atoms with E-state index < -0.39 is 6.10 Å². The Morgan fingerprint density at radius 3 is 2.68 bits per heavy atom. The van der Waals surface area contributed by atoms with Crippen molar-refractivity contribution in [1.29, 1.82) is 0 Å². The van der Waals surface area contributed by atoms with Crippen LogP contribution in [0, 0.1) is 5.92 Å². The second kappa shape index (κ2) is 8.12. The van der Waals surface area contributed by atoms with Gasteiger partial charge in [-0.3, -0.25) is 4.98 Å². The largest absolute Gasteiger partial charge is 0.393 e. The molecule has 2 aromatic rings. The third-order valence-corrected chi connectivity index (χ3v) is 4.81. The zero-order valence-corrected chi connectivity index (χ0v) is 14.5. The Morgan fingerprint density at radius 2 is 2.00 bits per heavy atom. The minimum atomic E-state index is -0.392. The lowest BCUT2D eigenvalue weighted by Crippen LogP contribution is -2.48. The summed E-state index contributed by atoms with van der Waals surface area (Å²) >= 11 is 0. The zero-order chi connectivity index (χ0) is 17.6. The van der Waals surface area contributed by atoms with E-state index in [1.807, 2.05) is 48.5 Å².